The van der Waals surface area contributed by atoms with Crippen molar-refractivity contribution in [3.8, 4) is 11.5 Å². The van der Waals surface area contributed by atoms with E-state index in [9.17, 15) is 18.0 Å². The SMILES string of the molecule is COc1ccc(/C=N\N=C2\NC(=O)[C@H](Cc3cc(C(F)(F)F)ccc3Cl)S2)cc1OC. The highest BCUT2D eigenvalue weighted by Gasteiger charge is 2.34. The number of ether oxygens (including phenoxy) is 2. The third-order valence-electron chi connectivity index (χ3n) is 4.32. The lowest BCUT2D eigenvalue weighted by Crippen LogP contribution is -2.26. The lowest BCUT2D eigenvalue weighted by molar-refractivity contribution is -0.137. The van der Waals surface area contributed by atoms with E-state index in [2.05, 4.69) is 15.5 Å². The van der Waals surface area contributed by atoms with Crippen molar-refractivity contribution in [2.75, 3.05) is 14.2 Å². The highest BCUT2D eigenvalue weighted by atomic mass is 35.5. The molecular formula is C20H17ClF3N3O3S. The van der Waals surface area contributed by atoms with Gasteiger partial charge >= 0.3 is 6.18 Å². The second kappa shape index (κ2) is 9.61. The zero-order valence-corrected chi connectivity index (χ0v) is 17.9. The standard InChI is InChI=1S/C20H17ClF3N3O3S/c1-29-15-6-3-11(7-16(15)30-2)10-25-27-19-26-18(28)17(31-19)9-12-8-13(20(22,23)24)4-5-14(12)21/h3-8,10,17H,9H2,1-2H3,(H,26,27,28)/b25-10-/t17-/m0/s1. The van der Waals surface area contributed by atoms with Crippen molar-refractivity contribution in [1.29, 1.82) is 0 Å². The lowest BCUT2D eigenvalue weighted by atomic mass is 10.1. The van der Waals surface area contributed by atoms with Gasteiger partial charge < -0.3 is 14.8 Å². The first-order valence-corrected chi connectivity index (χ1v) is 10.1. The molecule has 3 rings (SSSR count). The van der Waals surface area contributed by atoms with Gasteiger partial charge in [-0.25, -0.2) is 0 Å². The van der Waals surface area contributed by atoms with Gasteiger partial charge in [-0.2, -0.15) is 18.3 Å². The molecular weight excluding hydrogens is 455 g/mol. The van der Waals surface area contributed by atoms with Crippen molar-refractivity contribution in [1.82, 2.24) is 5.32 Å². The average Bonchev–Trinajstić information content (AvgIpc) is 3.07. The molecule has 0 aliphatic carbocycles. The molecule has 1 heterocycles. The summed E-state index contributed by atoms with van der Waals surface area (Å²) in [7, 11) is 3.04. The summed E-state index contributed by atoms with van der Waals surface area (Å²) in [5, 5.41) is 10.2. The first-order valence-electron chi connectivity index (χ1n) is 8.87. The summed E-state index contributed by atoms with van der Waals surface area (Å²) in [5.41, 5.74) is 0.117. The van der Waals surface area contributed by atoms with Crippen LogP contribution in [0.15, 0.2) is 46.6 Å². The molecule has 1 fully saturated rings. The Morgan fingerprint density at radius 3 is 2.58 bits per heavy atom. The van der Waals surface area contributed by atoms with Crippen LogP contribution >= 0.6 is 23.4 Å². The maximum atomic E-state index is 12.9. The fourth-order valence-electron chi connectivity index (χ4n) is 2.77. The predicted octanol–water partition coefficient (Wildman–Crippen LogP) is 4.54. The van der Waals surface area contributed by atoms with Crippen LogP contribution in [-0.2, 0) is 17.4 Å². The summed E-state index contributed by atoms with van der Waals surface area (Å²) < 4.78 is 49.2. The summed E-state index contributed by atoms with van der Waals surface area (Å²) in [6.45, 7) is 0. The van der Waals surface area contributed by atoms with E-state index in [0.717, 1.165) is 23.9 Å². The number of carbonyl (C=O) groups is 1. The predicted molar refractivity (Wildman–Crippen MR) is 114 cm³/mol. The van der Waals surface area contributed by atoms with Gasteiger partial charge in [0, 0.05) is 5.02 Å². The van der Waals surface area contributed by atoms with Gasteiger partial charge in [-0.1, -0.05) is 23.4 Å². The maximum absolute atomic E-state index is 12.9. The number of amidine groups is 1. The molecule has 0 spiro atoms. The van der Waals surface area contributed by atoms with Crippen molar-refractivity contribution >= 4 is 40.7 Å². The van der Waals surface area contributed by atoms with E-state index in [4.69, 9.17) is 21.1 Å². The Bertz CT molecular complexity index is 1040. The minimum atomic E-state index is -4.49. The molecule has 2 aromatic carbocycles. The van der Waals surface area contributed by atoms with Crippen LogP contribution in [0, 0.1) is 0 Å². The number of amides is 1. The number of rotatable bonds is 6. The second-order valence-electron chi connectivity index (χ2n) is 6.37. The zero-order chi connectivity index (χ0) is 22.6. The largest absolute Gasteiger partial charge is 0.493 e. The van der Waals surface area contributed by atoms with Crippen molar-refractivity contribution in [3.63, 3.8) is 0 Å². The summed E-state index contributed by atoms with van der Waals surface area (Å²) in [4.78, 5) is 12.2. The maximum Gasteiger partial charge on any atom is 0.416 e. The molecule has 164 valence electrons. The van der Waals surface area contributed by atoms with Gasteiger partial charge in [0.1, 0.15) is 0 Å². The molecule has 2 aromatic rings. The number of hydrogen-bond donors (Lipinski definition) is 1. The third-order valence-corrected chi connectivity index (χ3v) is 5.76. The van der Waals surface area contributed by atoms with E-state index >= 15 is 0 Å². The fraction of sp³-hybridized carbons (Fsp3) is 0.250. The van der Waals surface area contributed by atoms with Crippen LogP contribution < -0.4 is 14.8 Å². The molecule has 0 bridgehead atoms. The molecule has 1 aliphatic heterocycles. The van der Waals surface area contributed by atoms with Crippen LogP contribution in [0.1, 0.15) is 16.7 Å². The monoisotopic (exact) mass is 471 g/mol. The minimum absolute atomic E-state index is 0.0255. The quantitative estimate of drug-likeness (QED) is 0.496. The van der Waals surface area contributed by atoms with Crippen LogP contribution in [0.25, 0.3) is 0 Å². The summed E-state index contributed by atoms with van der Waals surface area (Å²) >= 11 is 7.10. The molecule has 0 radical (unpaired) electrons. The summed E-state index contributed by atoms with van der Waals surface area (Å²) in [6.07, 6.45) is -2.99. The van der Waals surface area contributed by atoms with Gasteiger partial charge in [-0.3, -0.25) is 4.79 Å². The van der Waals surface area contributed by atoms with Gasteiger partial charge in [0.2, 0.25) is 5.91 Å². The fourth-order valence-corrected chi connectivity index (χ4v) is 3.92. The molecule has 1 saturated heterocycles. The topological polar surface area (TPSA) is 72.3 Å². The van der Waals surface area contributed by atoms with Crippen molar-refractivity contribution in [2.45, 2.75) is 17.8 Å². The lowest BCUT2D eigenvalue weighted by Gasteiger charge is -2.12. The summed E-state index contributed by atoms with van der Waals surface area (Å²) in [5.74, 6) is 0.722. The molecule has 0 unspecified atom stereocenters. The Kier molecular flexibility index (Phi) is 7.11. The van der Waals surface area contributed by atoms with E-state index < -0.39 is 17.0 Å². The number of halogens is 4. The minimum Gasteiger partial charge on any atom is -0.493 e. The average molecular weight is 472 g/mol. The normalized spacial score (nSPS) is 17.9. The highest BCUT2D eigenvalue weighted by Crippen LogP contribution is 2.34. The smallest absolute Gasteiger partial charge is 0.416 e. The number of hydrogen-bond acceptors (Lipinski definition) is 6. The first-order chi connectivity index (χ1) is 14.7. The second-order valence-corrected chi connectivity index (χ2v) is 7.97. The molecule has 11 heteroatoms. The number of thioether (sulfide) groups is 1. The third kappa shape index (κ3) is 5.71. The van der Waals surface area contributed by atoms with Gasteiger partial charge in [0.05, 0.1) is 31.2 Å². The molecule has 1 N–H and O–H groups in total. The zero-order valence-electron chi connectivity index (χ0n) is 16.4. The van der Waals surface area contributed by atoms with E-state index in [-0.39, 0.29) is 28.1 Å². The van der Waals surface area contributed by atoms with Crippen LogP contribution in [0.3, 0.4) is 0 Å². The Morgan fingerprint density at radius 1 is 1.16 bits per heavy atom. The van der Waals surface area contributed by atoms with Crippen LogP contribution in [0.4, 0.5) is 13.2 Å². The van der Waals surface area contributed by atoms with E-state index in [0.29, 0.717) is 17.1 Å². The van der Waals surface area contributed by atoms with Crippen molar-refractivity contribution in [3.05, 3.63) is 58.1 Å². The molecule has 1 atom stereocenters. The van der Waals surface area contributed by atoms with Gasteiger partial charge in [0.25, 0.3) is 0 Å². The van der Waals surface area contributed by atoms with E-state index in [1.54, 1.807) is 18.2 Å². The van der Waals surface area contributed by atoms with Gasteiger partial charge in [-0.05, 0) is 53.9 Å². The molecule has 31 heavy (non-hydrogen) atoms. The number of methoxy groups -OCH3 is 2. The summed E-state index contributed by atoms with van der Waals surface area (Å²) in [6, 6.07) is 8.23. The first kappa shape index (κ1) is 23.0. The number of nitrogens with one attached hydrogen (secondary N) is 1. The Morgan fingerprint density at radius 2 is 1.90 bits per heavy atom. The van der Waals surface area contributed by atoms with E-state index in [1.165, 1.54) is 26.5 Å². The Balaban J connectivity index is 1.69. The molecule has 1 amide bonds. The van der Waals surface area contributed by atoms with Crippen LogP contribution in [-0.4, -0.2) is 36.8 Å². The van der Waals surface area contributed by atoms with Crippen molar-refractivity contribution < 1.29 is 27.4 Å². The van der Waals surface area contributed by atoms with Gasteiger partial charge in [0.15, 0.2) is 16.7 Å². The number of benzene rings is 2. The van der Waals surface area contributed by atoms with Gasteiger partial charge in [-0.15, -0.1) is 5.10 Å². The molecule has 1 aliphatic rings. The van der Waals surface area contributed by atoms with Crippen LogP contribution in [0.2, 0.25) is 5.02 Å². The van der Waals surface area contributed by atoms with Crippen LogP contribution in [0.5, 0.6) is 11.5 Å². The number of carbonyl (C=O) groups excluding carboxylic acids is 1. The van der Waals surface area contributed by atoms with Crippen molar-refractivity contribution in [2.24, 2.45) is 10.2 Å². The molecule has 6 nitrogen and oxygen atoms in total. The number of nitrogens with zero attached hydrogens (tertiary/aromatic N) is 2. The highest BCUT2D eigenvalue weighted by molar-refractivity contribution is 8.15. The van der Waals surface area contributed by atoms with E-state index in [1.807, 2.05) is 0 Å². The molecule has 0 aromatic heterocycles. The Labute approximate surface area is 185 Å². The number of alkyl halides is 3. The molecule has 0 saturated carbocycles. The Hall–Kier alpha value is -2.72.